The van der Waals surface area contributed by atoms with Gasteiger partial charge in [-0.05, 0) is 36.6 Å². The van der Waals surface area contributed by atoms with Gasteiger partial charge in [0.1, 0.15) is 0 Å². The van der Waals surface area contributed by atoms with Crippen molar-refractivity contribution in [1.29, 1.82) is 0 Å². The second-order valence-corrected chi connectivity index (χ2v) is 11.3. The minimum atomic E-state index is -3.74. The van der Waals surface area contributed by atoms with Crippen LogP contribution >= 0.6 is 11.8 Å². The van der Waals surface area contributed by atoms with Gasteiger partial charge in [0.25, 0.3) is 0 Å². The highest BCUT2D eigenvalue weighted by atomic mass is 32.2. The van der Waals surface area contributed by atoms with Crippen LogP contribution in [0.4, 0.5) is 5.69 Å². The van der Waals surface area contributed by atoms with Crippen LogP contribution < -0.4 is 5.32 Å². The summed E-state index contributed by atoms with van der Waals surface area (Å²) in [5.74, 6) is -0.566. The van der Waals surface area contributed by atoms with E-state index in [2.05, 4.69) is 5.32 Å². The van der Waals surface area contributed by atoms with Crippen molar-refractivity contribution in [2.75, 3.05) is 25.5 Å². The first kappa shape index (κ1) is 22.8. The molecular weight excluding hydrogens is 446 g/mol. The summed E-state index contributed by atoms with van der Waals surface area (Å²) in [5.41, 5.74) is 1.31. The third-order valence-electron chi connectivity index (χ3n) is 5.79. The second-order valence-electron chi connectivity index (χ2n) is 8.13. The van der Waals surface area contributed by atoms with Crippen molar-refractivity contribution < 1.29 is 18.0 Å². The summed E-state index contributed by atoms with van der Waals surface area (Å²) in [7, 11) is -2.21. The summed E-state index contributed by atoms with van der Waals surface area (Å²) in [6.45, 7) is 1.61. The molecule has 32 heavy (non-hydrogen) atoms. The quantitative estimate of drug-likeness (QED) is 0.673. The summed E-state index contributed by atoms with van der Waals surface area (Å²) < 4.78 is 27.4. The molecule has 1 fully saturated rings. The van der Waals surface area contributed by atoms with Crippen LogP contribution in [-0.4, -0.2) is 54.8 Å². The van der Waals surface area contributed by atoms with Gasteiger partial charge in [0, 0.05) is 31.6 Å². The average Bonchev–Trinajstić information content (AvgIpc) is 3.08. The zero-order valence-electron chi connectivity index (χ0n) is 18.0. The van der Waals surface area contributed by atoms with Crippen molar-refractivity contribution in [3.63, 3.8) is 0 Å². The topological polar surface area (TPSA) is 86.8 Å². The maximum Gasteiger partial charge on any atom is 0.247 e. The molecule has 2 aliphatic rings. The van der Waals surface area contributed by atoms with Crippen LogP contribution in [0.25, 0.3) is 0 Å². The van der Waals surface area contributed by atoms with E-state index >= 15 is 0 Å². The summed E-state index contributed by atoms with van der Waals surface area (Å²) in [4.78, 5) is 28.3. The summed E-state index contributed by atoms with van der Waals surface area (Å²) in [5, 5.41) is 1.91. The molecule has 0 aliphatic carbocycles. The van der Waals surface area contributed by atoms with E-state index in [4.69, 9.17) is 0 Å². The fraction of sp³-hybridized carbons (Fsp3) is 0.391. The number of thioether (sulfide) groups is 1. The van der Waals surface area contributed by atoms with E-state index in [1.807, 2.05) is 30.3 Å². The van der Waals surface area contributed by atoms with Crippen molar-refractivity contribution in [2.24, 2.45) is 0 Å². The number of amides is 2. The first-order valence-electron chi connectivity index (χ1n) is 10.8. The second kappa shape index (κ2) is 9.64. The molecule has 0 bridgehead atoms. The molecule has 2 aromatic carbocycles. The molecule has 1 atom stereocenters. The van der Waals surface area contributed by atoms with Crippen LogP contribution in [0.15, 0.2) is 58.3 Å². The van der Waals surface area contributed by atoms with Gasteiger partial charge in [0.05, 0.1) is 10.6 Å². The minimum Gasteiger partial charge on any atom is -0.341 e. The molecule has 4 rings (SSSR count). The minimum absolute atomic E-state index is 0.105. The molecule has 0 radical (unpaired) electrons. The van der Waals surface area contributed by atoms with Gasteiger partial charge in [-0.25, -0.2) is 8.42 Å². The summed E-state index contributed by atoms with van der Waals surface area (Å²) in [6, 6.07) is 14.0. The standard InChI is InChI=1S/C23H27N3O4S2/c1-25(16-17-9-5-4-6-10-17)32(29,30)18-11-12-20-19(15-18)24-22(27)21(31-20)23(28)26-13-7-2-3-8-14-26/h4-6,9-12,15,21H,2-3,7-8,13-14,16H2,1H3,(H,24,27)/t21-/m0/s1. The Morgan fingerprint density at radius 2 is 1.78 bits per heavy atom. The fourth-order valence-corrected chi connectivity index (χ4v) is 6.21. The number of hydrogen-bond acceptors (Lipinski definition) is 5. The molecule has 9 heteroatoms. The highest BCUT2D eigenvalue weighted by Crippen LogP contribution is 2.38. The number of rotatable bonds is 5. The normalized spacial score (nSPS) is 19.2. The van der Waals surface area contributed by atoms with E-state index < -0.39 is 21.2 Å². The molecule has 2 heterocycles. The highest BCUT2D eigenvalue weighted by Gasteiger charge is 2.36. The van der Waals surface area contributed by atoms with Gasteiger partial charge in [-0.1, -0.05) is 43.2 Å². The number of sulfonamides is 1. The van der Waals surface area contributed by atoms with Gasteiger partial charge in [-0.2, -0.15) is 4.31 Å². The van der Waals surface area contributed by atoms with Gasteiger partial charge in [-0.3, -0.25) is 9.59 Å². The molecule has 0 unspecified atom stereocenters. The fourth-order valence-electron chi connectivity index (χ4n) is 3.97. The van der Waals surface area contributed by atoms with Gasteiger partial charge >= 0.3 is 0 Å². The van der Waals surface area contributed by atoms with Crippen molar-refractivity contribution in [3.05, 3.63) is 54.1 Å². The lowest BCUT2D eigenvalue weighted by atomic mass is 10.2. The Hall–Kier alpha value is -2.36. The molecule has 0 spiro atoms. The van der Waals surface area contributed by atoms with Crippen molar-refractivity contribution >= 4 is 39.3 Å². The molecular formula is C23H27N3O4S2. The number of fused-ring (bicyclic) bond motifs is 1. The number of likely N-dealkylation sites (tertiary alicyclic amines) is 1. The van der Waals surface area contributed by atoms with E-state index in [0.29, 0.717) is 23.7 Å². The largest absolute Gasteiger partial charge is 0.341 e. The average molecular weight is 474 g/mol. The molecule has 7 nitrogen and oxygen atoms in total. The number of carbonyl (C=O) groups excluding carboxylic acids is 2. The van der Waals surface area contributed by atoms with Crippen molar-refractivity contribution in [1.82, 2.24) is 9.21 Å². The predicted octanol–water partition coefficient (Wildman–Crippen LogP) is 3.32. The molecule has 2 aromatic rings. The van der Waals surface area contributed by atoms with E-state index in [9.17, 15) is 18.0 Å². The smallest absolute Gasteiger partial charge is 0.247 e. The number of nitrogens with one attached hydrogen (secondary N) is 1. The number of hydrogen-bond donors (Lipinski definition) is 1. The highest BCUT2D eigenvalue weighted by molar-refractivity contribution is 8.01. The number of anilines is 1. The van der Waals surface area contributed by atoms with Gasteiger partial charge < -0.3 is 10.2 Å². The Balaban J connectivity index is 1.51. The molecule has 2 amide bonds. The number of benzene rings is 2. The van der Waals surface area contributed by atoms with Crippen LogP contribution in [0.5, 0.6) is 0 Å². The van der Waals surface area contributed by atoms with Gasteiger partial charge in [0.2, 0.25) is 21.8 Å². The van der Waals surface area contributed by atoms with Crippen LogP contribution in [0.3, 0.4) is 0 Å². The third kappa shape index (κ3) is 4.84. The first-order valence-corrected chi connectivity index (χ1v) is 13.1. The van der Waals surface area contributed by atoms with Crippen LogP contribution in [0.1, 0.15) is 31.2 Å². The first-order chi connectivity index (χ1) is 15.4. The Labute approximate surface area is 193 Å². The monoisotopic (exact) mass is 473 g/mol. The maximum atomic E-state index is 13.1. The molecule has 170 valence electrons. The predicted molar refractivity (Wildman–Crippen MR) is 125 cm³/mol. The van der Waals surface area contributed by atoms with E-state index in [-0.39, 0.29) is 17.3 Å². The summed E-state index contributed by atoms with van der Waals surface area (Å²) >= 11 is 1.19. The van der Waals surface area contributed by atoms with E-state index in [1.165, 1.54) is 35.2 Å². The van der Waals surface area contributed by atoms with Crippen molar-refractivity contribution in [2.45, 2.75) is 47.3 Å². The molecule has 1 N–H and O–H groups in total. The van der Waals surface area contributed by atoms with Gasteiger partial charge in [-0.15, -0.1) is 11.8 Å². The Bertz CT molecular complexity index is 1100. The number of nitrogens with zero attached hydrogens (tertiary/aromatic N) is 2. The Morgan fingerprint density at radius 3 is 2.47 bits per heavy atom. The Morgan fingerprint density at radius 1 is 1.09 bits per heavy atom. The lowest BCUT2D eigenvalue weighted by molar-refractivity contribution is -0.133. The molecule has 2 aliphatic heterocycles. The van der Waals surface area contributed by atoms with Crippen LogP contribution in [0.2, 0.25) is 0 Å². The summed E-state index contributed by atoms with van der Waals surface area (Å²) in [6.07, 6.45) is 4.12. The van der Waals surface area contributed by atoms with Crippen LogP contribution in [0, 0.1) is 0 Å². The van der Waals surface area contributed by atoms with E-state index in [1.54, 1.807) is 11.0 Å². The van der Waals surface area contributed by atoms with Crippen molar-refractivity contribution in [3.8, 4) is 0 Å². The Kier molecular flexibility index (Phi) is 6.88. The number of carbonyl (C=O) groups is 2. The molecule has 1 saturated heterocycles. The maximum absolute atomic E-state index is 13.1. The zero-order valence-corrected chi connectivity index (χ0v) is 19.6. The lowest BCUT2D eigenvalue weighted by Gasteiger charge is -2.29. The SMILES string of the molecule is CN(Cc1ccccc1)S(=O)(=O)c1ccc2c(c1)NC(=O)[C@@H](C(=O)N1CCCCCC1)S2. The zero-order chi connectivity index (χ0) is 22.7. The third-order valence-corrected chi connectivity index (χ3v) is 8.85. The van der Waals surface area contributed by atoms with Crippen LogP contribution in [-0.2, 0) is 26.2 Å². The van der Waals surface area contributed by atoms with E-state index in [0.717, 1.165) is 31.2 Å². The van der Waals surface area contributed by atoms with Gasteiger partial charge in [0.15, 0.2) is 5.25 Å². The molecule has 0 aromatic heterocycles. The molecule has 0 saturated carbocycles. The lowest BCUT2D eigenvalue weighted by Crippen LogP contribution is -2.45.